The van der Waals surface area contributed by atoms with Crippen molar-refractivity contribution in [3.8, 4) is 0 Å². The van der Waals surface area contributed by atoms with Gasteiger partial charge in [0.2, 0.25) is 0 Å². The van der Waals surface area contributed by atoms with Gasteiger partial charge in [0.15, 0.2) is 0 Å². The smallest absolute Gasteiger partial charge is 0.0605 e. The van der Waals surface area contributed by atoms with E-state index in [0.717, 1.165) is 31.8 Å². The first-order valence-corrected chi connectivity index (χ1v) is 8.20. The molecule has 0 unspecified atom stereocenters. The second-order valence-corrected chi connectivity index (χ2v) is 6.58. The Morgan fingerprint density at radius 3 is 2.62 bits per heavy atom. The Balaban J connectivity index is 1.57. The lowest BCUT2D eigenvalue weighted by atomic mass is 10.1. The summed E-state index contributed by atoms with van der Waals surface area (Å²) in [6.45, 7) is 3.40. The van der Waals surface area contributed by atoms with E-state index in [-0.39, 0.29) is 0 Å². The van der Waals surface area contributed by atoms with Crippen LogP contribution in [0.4, 0.5) is 5.69 Å². The van der Waals surface area contributed by atoms with Crippen LogP contribution in [0.15, 0.2) is 30.5 Å². The molecule has 1 saturated heterocycles. The topological polar surface area (TPSA) is 17.4 Å². The summed E-state index contributed by atoms with van der Waals surface area (Å²) < 4.78 is 7.92. The lowest BCUT2D eigenvalue weighted by Gasteiger charge is -2.33. The van der Waals surface area contributed by atoms with Gasteiger partial charge in [-0.1, -0.05) is 6.07 Å². The summed E-state index contributed by atoms with van der Waals surface area (Å²) in [5.41, 5.74) is 2.76. The van der Waals surface area contributed by atoms with Gasteiger partial charge in [0, 0.05) is 38.6 Å². The number of ether oxygens (including phenoxy) is 1. The highest BCUT2D eigenvalue weighted by Crippen LogP contribution is 2.33. The van der Waals surface area contributed by atoms with E-state index in [1.54, 1.807) is 0 Å². The fourth-order valence-electron chi connectivity index (χ4n) is 3.46. The van der Waals surface area contributed by atoms with Gasteiger partial charge in [-0.3, -0.25) is 0 Å². The molecule has 1 aliphatic carbocycles. The molecular formula is C18H24N2O. The molecule has 21 heavy (non-hydrogen) atoms. The third kappa shape index (κ3) is 2.67. The molecule has 2 fully saturated rings. The van der Waals surface area contributed by atoms with Crippen molar-refractivity contribution in [1.82, 2.24) is 4.57 Å². The minimum atomic E-state index is 0.448. The van der Waals surface area contributed by atoms with E-state index in [1.807, 2.05) is 7.11 Å². The number of nitrogens with zero attached hydrogens (tertiary/aromatic N) is 2. The maximum atomic E-state index is 5.47. The highest BCUT2D eigenvalue weighted by atomic mass is 16.5. The van der Waals surface area contributed by atoms with E-state index in [0.29, 0.717) is 6.10 Å². The first kappa shape index (κ1) is 13.2. The zero-order valence-corrected chi connectivity index (χ0v) is 12.8. The number of rotatable bonds is 4. The molecule has 0 spiro atoms. The molecule has 2 aliphatic rings. The summed E-state index contributed by atoms with van der Waals surface area (Å²) in [6.07, 6.45) is 7.79. The van der Waals surface area contributed by atoms with Gasteiger partial charge >= 0.3 is 0 Å². The van der Waals surface area contributed by atoms with Gasteiger partial charge in [-0.05, 0) is 55.2 Å². The molecule has 1 aliphatic heterocycles. The van der Waals surface area contributed by atoms with Crippen LogP contribution in [0, 0.1) is 5.92 Å². The molecular weight excluding hydrogens is 260 g/mol. The standard InChI is InChI=1S/C18H24N2O/c1-21-17-7-10-19(11-8-17)16-5-4-15-6-9-20(18(15)12-16)13-14-2-3-14/h4-6,9,12,14,17H,2-3,7-8,10-11,13H2,1H3. The van der Waals surface area contributed by atoms with Crippen molar-refractivity contribution >= 4 is 16.6 Å². The minimum absolute atomic E-state index is 0.448. The molecule has 0 radical (unpaired) electrons. The lowest BCUT2D eigenvalue weighted by molar-refractivity contribution is 0.0819. The molecule has 4 rings (SSSR count). The summed E-state index contributed by atoms with van der Waals surface area (Å²) in [6, 6.07) is 9.18. The predicted octanol–water partition coefficient (Wildman–Crippen LogP) is 3.67. The molecule has 2 aromatic rings. The Labute approximate surface area is 126 Å². The zero-order chi connectivity index (χ0) is 14.2. The van der Waals surface area contributed by atoms with Crippen LogP contribution in [0.1, 0.15) is 25.7 Å². The molecule has 3 nitrogen and oxygen atoms in total. The SMILES string of the molecule is COC1CCN(c2ccc3ccn(CC4CC4)c3c2)CC1. The van der Waals surface area contributed by atoms with Crippen molar-refractivity contribution in [2.24, 2.45) is 5.92 Å². The Morgan fingerprint density at radius 1 is 1.10 bits per heavy atom. The predicted molar refractivity (Wildman–Crippen MR) is 86.9 cm³/mol. The van der Waals surface area contributed by atoms with Crippen LogP contribution in [0.25, 0.3) is 10.9 Å². The largest absolute Gasteiger partial charge is 0.381 e. The van der Waals surface area contributed by atoms with E-state index >= 15 is 0 Å². The summed E-state index contributed by atoms with van der Waals surface area (Å²) in [5, 5.41) is 1.37. The quantitative estimate of drug-likeness (QED) is 0.852. The van der Waals surface area contributed by atoms with E-state index in [9.17, 15) is 0 Å². The molecule has 1 aromatic carbocycles. The highest BCUT2D eigenvalue weighted by molar-refractivity contribution is 5.84. The molecule has 1 aromatic heterocycles. The van der Waals surface area contributed by atoms with Gasteiger partial charge in [0.1, 0.15) is 0 Å². The van der Waals surface area contributed by atoms with Gasteiger partial charge in [0.05, 0.1) is 11.6 Å². The van der Waals surface area contributed by atoms with Gasteiger partial charge < -0.3 is 14.2 Å². The van der Waals surface area contributed by atoms with E-state index in [1.165, 1.54) is 36.0 Å². The monoisotopic (exact) mass is 284 g/mol. The average Bonchev–Trinajstić information content (AvgIpc) is 3.27. The van der Waals surface area contributed by atoms with Crippen LogP contribution in [0.5, 0.6) is 0 Å². The summed E-state index contributed by atoms with van der Waals surface area (Å²) in [5.74, 6) is 0.918. The molecule has 112 valence electrons. The summed E-state index contributed by atoms with van der Waals surface area (Å²) >= 11 is 0. The number of benzene rings is 1. The van der Waals surface area contributed by atoms with Crippen molar-refractivity contribution in [2.45, 2.75) is 38.3 Å². The number of hydrogen-bond acceptors (Lipinski definition) is 2. The lowest BCUT2D eigenvalue weighted by Crippen LogP contribution is -2.36. The van der Waals surface area contributed by atoms with E-state index < -0.39 is 0 Å². The van der Waals surface area contributed by atoms with Crippen molar-refractivity contribution in [1.29, 1.82) is 0 Å². The molecule has 3 heteroatoms. The molecule has 0 atom stereocenters. The second kappa shape index (κ2) is 5.38. The first-order chi connectivity index (χ1) is 10.3. The van der Waals surface area contributed by atoms with E-state index in [4.69, 9.17) is 4.74 Å². The van der Waals surface area contributed by atoms with Crippen LogP contribution in [0.3, 0.4) is 0 Å². The van der Waals surface area contributed by atoms with Gasteiger partial charge in [0.25, 0.3) is 0 Å². The van der Waals surface area contributed by atoms with E-state index in [2.05, 4.69) is 39.9 Å². The number of aromatic nitrogens is 1. The van der Waals surface area contributed by atoms with Gasteiger partial charge in [-0.15, -0.1) is 0 Å². The molecule has 0 bridgehead atoms. The van der Waals surface area contributed by atoms with Crippen LogP contribution >= 0.6 is 0 Å². The van der Waals surface area contributed by atoms with Crippen LogP contribution < -0.4 is 4.90 Å². The van der Waals surface area contributed by atoms with Gasteiger partial charge in [-0.25, -0.2) is 0 Å². The molecule has 2 heterocycles. The minimum Gasteiger partial charge on any atom is -0.381 e. The van der Waals surface area contributed by atoms with Gasteiger partial charge in [-0.2, -0.15) is 0 Å². The summed E-state index contributed by atoms with van der Waals surface area (Å²) in [4.78, 5) is 2.50. The van der Waals surface area contributed by atoms with Crippen molar-refractivity contribution in [2.75, 3.05) is 25.1 Å². The fraction of sp³-hybridized carbons (Fsp3) is 0.556. The summed E-state index contributed by atoms with van der Waals surface area (Å²) in [7, 11) is 1.83. The highest BCUT2D eigenvalue weighted by Gasteiger charge is 2.23. The molecule has 1 saturated carbocycles. The fourth-order valence-corrected chi connectivity index (χ4v) is 3.46. The molecule has 0 amide bonds. The number of fused-ring (bicyclic) bond motifs is 1. The van der Waals surface area contributed by atoms with Crippen LogP contribution in [0.2, 0.25) is 0 Å². The van der Waals surface area contributed by atoms with Crippen molar-refractivity contribution in [3.63, 3.8) is 0 Å². The Morgan fingerprint density at radius 2 is 1.90 bits per heavy atom. The second-order valence-electron chi connectivity index (χ2n) is 6.58. The van der Waals surface area contributed by atoms with Crippen molar-refractivity contribution < 1.29 is 4.74 Å². The Kier molecular flexibility index (Phi) is 3.38. The normalized spacial score (nSPS) is 20.3. The third-order valence-corrected chi connectivity index (χ3v) is 5.05. The Hall–Kier alpha value is -1.48. The van der Waals surface area contributed by atoms with Crippen molar-refractivity contribution in [3.05, 3.63) is 30.5 Å². The Bertz CT molecular complexity index is 621. The number of piperidine rings is 1. The van der Waals surface area contributed by atoms with Crippen LogP contribution in [-0.2, 0) is 11.3 Å². The maximum absolute atomic E-state index is 5.47. The number of methoxy groups -OCH3 is 1. The number of hydrogen-bond donors (Lipinski definition) is 0. The third-order valence-electron chi connectivity index (χ3n) is 5.05. The maximum Gasteiger partial charge on any atom is 0.0605 e. The number of anilines is 1. The zero-order valence-electron chi connectivity index (χ0n) is 12.8. The molecule has 0 N–H and O–H groups in total. The first-order valence-electron chi connectivity index (χ1n) is 8.20. The average molecular weight is 284 g/mol. The van der Waals surface area contributed by atoms with Crippen LogP contribution in [-0.4, -0.2) is 30.9 Å².